The summed E-state index contributed by atoms with van der Waals surface area (Å²) in [4.78, 5) is 23.7. The van der Waals surface area contributed by atoms with Crippen LogP contribution in [0.2, 0.25) is 0 Å². The Hall–Kier alpha value is -2.96. The molecule has 0 saturated heterocycles. The fourth-order valence-electron chi connectivity index (χ4n) is 2.06. The highest BCUT2D eigenvalue weighted by Crippen LogP contribution is 2.19. The van der Waals surface area contributed by atoms with Crippen LogP contribution in [0, 0.1) is 11.6 Å². The zero-order valence-electron chi connectivity index (χ0n) is 13.2. The molecule has 7 heteroatoms. The third kappa shape index (κ3) is 4.07. The Morgan fingerprint density at radius 3 is 2.29 bits per heavy atom. The van der Waals surface area contributed by atoms with E-state index in [0.717, 1.165) is 12.1 Å². The Balaban J connectivity index is 2.08. The van der Waals surface area contributed by atoms with E-state index < -0.39 is 29.3 Å². The molecule has 0 aliphatic heterocycles. The van der Waals surface area contributed by atoms with Crippen LogP contribution in [0.1, 0.15) is 17.3 Å². The number of rotatable bonds is 5. The van der Waals surface area contributed by atoms with Crippen molar-refractivity contribution in [2.75, 3.05) is 17.7 Å². The van der Waals surface area contributed by atoms with Crippen molar-refractivity contribution in [3.63, 3.8) is 0 Å². The van der Waals surface area contributed by atoms with Gasteiger partial charge >= 0.3 is 0 Å². The molecule has 0 spiro atoms. The molecule has 126 valence electrons. The third-order valence-electron chi connectivity index (χ3n) is 3.34. The summed E-state index contributed by atoms with van der Waals surface area (Å²) in [6.07, 6.45) is 0. The number of halogens is 2. The van der Waals surface area contributed by atoms with Gasteiger partial charge in [0.2, 0.25) is 5.91 Å². The van der Waals surface area contributed by atoms with Crippen molar-refractivity contribution < 1.29 is 18.4 Å². The molecular formula is C17H17F2N3O2. The van der Waals surface area contributed by atoms with Gasteiger partial charge in [-0.25, -0.2) is 8.78 Å². The normalized spacial score (nSPS) is 11.5. The summed E-state index contributed by atoms with van der Waals surface area (Å²) in [6.45, 7) is 1.54. The second kappa shape index (κ2) is 7.54. The van der Waals surface area contributed by atoms with Crippen molar-refractivity contribution in [3.8, 4) is 0 Å². The molecule has 0 aliphatic rings. The molecular weight excluding hydrogens is 316 g/mol. The first kappa shape index (κ1) is 17.4. The number of hydrogen-bond acceptors (Lipinski definition) is 3. The Kier molecular flexibility index (Phi) is 5.47. The topological polar surface area (TPSA) is 70.2 Å². The van der Waals surface area contributed by atoms with Crippen LogP contribution in [0.5, 0.6) is 0 Å². The van der Waals surface area contributed by atoms with Crippen LogP contribution in [-0.2, 0) is 4.79 Å². The van der Waals surface area contributed by atoms with Crippen LogP contribution in [0.4, 0.5) is 20.2 Å². The second-order valence-electron chi connectivity index (χ2n) is 5.11. The van der Waals surface area contributed by atoms with Crippen LogP contribution in [0.15, 0.2) is 42.5 Å². The summed E-state index contributed by atoms with van der Waals surface area (Å²) >= 11 is 0. The fraction of sp³-hybridized carbons (Fsp3) is 0.176. The second-order valence-corrected chi connectivity index (χ2v) is 5.11. The lowest BCUT2D eigenvalue weighted by molar-refractivity contribution is -0.116. The number of nitrogens with one attached hydrogen (secondary N) is 3. The molecule has 0 saturated carbocycles. The zero-order valence-corrected chi connectivity index (χ0v) is 13.2. The lowest BCUT2D eigenvalue weighted by Crippen LogP contribution is -2.32. The van der Waals surface area contributed by atoms with E-state index in [1.165, 1.54) is 13.1 Å². The Morgan fingerprint density at radius 2 is 1.67 bits per heavy atom. The van der Waals surface area contributed by atoms with E-state index in [0.29, 0.717) is 11.3 Å². The Bertz CT molecular complexity index is 745. The summed E-state index contributed by atoms with van der Waals surface area (Å²) in [6, 6.07) is 9.10. The molecule has 0 aromatic heterocycles. The highest BCUT2D eigenvalue weighted by molar-refractivity contribution is 5.97. The van der Waals surface area contributed by atoms with Gasteiger partial charge in [-0.3, -0.25) is 9.59 Å². The molecule has 2 amide bonds. The molecule has 24 heavy (non-hydrogen) atoms. The van der Waals surface area contributed by atoms with Gasteiger partial charge in [-0.15, -0.1) is 0 Å². The summed E-state index contributed by atoms with van der Waals surface area (Å²) < 4.78 is 27.1. The number of carbonyl (C=O) groups excluding carboxylic acids is 2. The number of para-hydroxylation sites is 1. The van der Waals surface area contributed by atoms with Crippen molar-refractivity contribution in [3.05, 3.63) is 59.7 Å². The molecule has 0 fully saturated rings. The van der Waals surface area contributed by atoms with Crippen LogP contribution >= 0.6 is 0 Å². The highest BCUT2D eigenvalue weighted by Gasteiger charge is 2.17. The molecule has 0 aliphatic carbocycles. The van der Waals surface area contributed by atoms with Gasteiger partial charge < -0.3 is 16.0 Å². The van der Waals surface area contributed by atoms with Gasteiger partial charge in [0.15, 0.2) is 0 Å². The van der Waals surface area contributed by atoms with E-state index in [4.69, 9.17) is 0 Å². The highest BCUT2D eigenvalue weighted by atomic mass is 19.1. The van der Waals surface area contributed by atoms with Gasteiger partial charge in [-0.1, -0.05) is 12.1 Å². The van der Waals surface area contributed by atoms with E-state index in [2.05, 4.69) is 16.0 Å². The monoisotopic (exact) mass is 333 g/mol. The summed E-state index contributed by atoms with van der Waals surface area (Å²) in [5.41, 5.74) is 0.471. The summed E-state index contributed by atoms with van der Waals surface area (Å²) in [7, 11) is 1.52. The number of anilines is 2. The fourth-order valence-corrected chi connectivity index (χ4v) is 2.06. The average Bonchev–Trinajstić information content (AvgIpc) is 2.57. The quantitative estimate of drug-likeness (QED) is 0.788. The van der Waals surface area contributed by atoms with Crippen LogP contribution in [-0.4, -0.2) is 24.9 Å². The predicted octanol–water partition coefficient (Wildman–Crippen LogP) is 2.76. The average molecular weight is 333 g/mol. The smallest absolute Gasteiger partial charge is 0.251 e. The van der Waals surface area contributed by atoms with Crippen molar-refractivity contribution in [1.82, 2.24) is 5.32 Å². The van der Waals surface area contributed by atoms with Gasteiger partial charge in [0.25, 0.3) is 5.91 Å². The van der Waals surface area contributed by atoms with Crippen molar-refractivity contribution >= 4 is 23.2 Å². The molecule has 1 unspecified atom stereocenters. The maximum Gasteiger partial charge on any atom is 0.251 e. The molecule has 0 heterocycles. The SMILES string of the molecule is CNC(=O)c1cccc(NC(C)C(=O)Nc2c(F)cccc2F)c1. The number of carbonyl (C=O) groups is 2. The molecule has 2 aromatic rings. The van der Waals surface area contributed by atoms with E-state index in [1.807, 2.05) is 0 Å². The molecule has 0 bridgehead atoms. The standard InChI is InChI=1S/C17H17F2N3O2/c1-10(16(23)22-15-13(18)7-4-8-14(15)19)21-12-6-3-5-11(9-12)17(24)20-2/h3-10,21H,1-2H3,(H,20,24)(H,22,23). The number of benzene rings is 2. The minimum absolute atomic E-state index is 0.260. The maximum atomic E-state index is 13.6. The van der Waals surface area contributed by atoms with Crippen LogP contribution in [0.25, 0.3) is 0 Å². The van der Waals surface area contributed by atoms with E-state index in [9.17, 15) is 18.4 Å². The van der Waals surface area contributed by atoms with Gasteiger partial charge in [0, 0.05) is 18.3 Å². The van der Waals surface area contributed by atoms with E-state index >= 15 is 0 Å². The zero-order chi connectivity index (χ0) is 17.7. The molecule has 2 rings (SSSR count). The first-order valence-electron chi connectivity index (χ1n) is 7.26. The van der Waals surface area contributed by atoms with E-state index in [-0.39, 0.29) is 5.91 Å². The van der Waals surface area contributed by atoms with E-state index in [1.54, 1.807) is 31.2 Å². The lowest BCUT2D eigenvalue weighted by atomic mass is 10.1. The van der Waals surface area contributed by atoms with Crippen LogP contribution in [0.3, 0.4) is 0 Å². The van der Waals surface area contributed by atoms with Gasteiger partial charge in [0.05, 0.1) is 0 Å². The van der Waals surface area contributed by atoms with Gasteiger partial charge in [-0.05, 0) is 37.3 Å². The first-order chi connectivity index (χ1) is 11.4. The summed E-state index contributed by atoms with van der Waals surface area (Å²) in [5, 5.41) is 7.60. The van der Waals surface area contributed by atoms with Crippen molar-refractivity contribution in [2.45, 2.75) is 13.0 Å². The van der Waals surface area contributed by atoms with Gasteiger partial charge in [0.1, 0.15) is 23.4 Å². The molecule has 5 nitrogen and oxygen atoms in total. The minimum Gasteiger partial charge on any atom is -0.374 e. The minimum atomic E-state index is -0.850. The van der Waals surface area contributed by atoms with Gasteiger partial charge in [-0.2, -0.15) is 0 Å². The predicted molar refractivity (Wildman–Crippen MR) is 87.9 cm³/mol. The third-order valence-corrected chi connectivity index (χ3v) is 3.34. The van der Waals surface area contributed by atoms with Crippen molar-refractivity contribution in [1.29, 1.82) is 0 Å². The lowest BCUT2D eigenvalue weighted by Gasteiger charge is -2.16. The van der Waals surface area contributed by atoms with Crippen molar-refractivity contribution in [2.24, 2.45) is 0 Å². The number of hydrogen-bond donors (Lipinski definition) is 3. The summed E-state index contributed by atoms with van der Waals surface area (Å²) in [5.74, 6) is -2.57. The molecule has 3 N–H and O–H groups in total. The largest absolute Gasteiger partial charge is 0.374 e. The molecule has 1 atom stereocenters. The maximum absolute atomic E-state index is 13.6. The number of amides is 2. The first-order valence-corrected chi connectivity index (χ1v) is 7.26. The molecule has 2 aromatic carbocycles. The Morgan fingerprint density at radius 1 is 1.04 bits per heavy atom. The molecule has 0 radical (unpaired) electrons. The van der Waals surface area contributed by atoms with Crippen LogP contribution < -0.4 is 16.0 Å². The Labute approximate surface area is 138 Å².